The van der Waals surface area contributed by atoms with Crippen LogP contribution in [0.5, 0.6) is 0 Å². The highest BCUT2D eigenvalue weighted by Gasteiger charge is 2.27. The largest absolute Gasteiger partial charge is 0.303 e. The van der Waals surface area contributed by atoms with Crippen LogP contribution in [0.15, 0.2) is 35.2 Å². The summed E-state index contributed by atoms with van der Waals surface area (Å²) in [6.45, 7) is 0. The molecule has 14 heavy (non-hydrogen) atoms. The lowest BCUT2D eigenvalue weighted by molar-refractivity contribution is -0.107. The first-order valence-corrected chi connectivity index (χ1v) is 5.94. The van der Waals surface area contributed by atoms with Crippen molar-refractivity contribution < 1.29 is 4.79 Å². The molecule has 0 fully saturated rings. The average molecular weight is 269 g/mol. The third kappa shape index (κ3) is 1.93. The molecule has 0 aromatic heterocycles. The average Bonchev–Trinajstić information content (AvgIpc) is 2.17. The molecule has 1 unspecified atom stereocenters. The van der Waals surface area contributed by atoms with E-state index in [1.165, 1.54) is 10.5 Å². The predicted octanol–water partition coefficient (Wildman–Crippen LogP) is 3.49. The number of aldehydes is 1. The number of halogens is 1. The van der Waals surface area contributed by atoms with Crippen LogP contribution in [0.1, 0.15) is 12.0 Å². The van der Waals surface area contributed by atoms with Gasteiger partial charge in [0.25, 0.3) is 0 Å². The summed E-state index contributed by atoms with van der Waals surface area (Å²) in [6.07, 6.45) is 5.53. The summed E-state index contributed by atoms with van der Waals surface area (Å²) in [4.78, 5) is 11.7. The minimum atomic E-state index is -0.247. The molecule has 1 aromatic carbocycles. The summed E-state index contributed by atoms with van der Waals surface area (Å²) < 4.78 is -0.247. The second kappa shape index (κ2) is 3.91. The van der Waals surface area contributed by atoms with Gasteiger partial charge in [0.1, 0.15) is 9.94 Å². The van der Waals surface area contributed by atoms with Gasteiger partial charge < -0.3 is 4.79 Å². The van der Waals surface area contributed by atoms with Crippen LogP contribution in [0.3, 0.4) is 0 Å². The number of benzene rings is 1. The first-order valence-electron chi connectivity index (χ1n) is 4.33. The van der Waals surface area contributed by atoms with Gasteiger partial charge in [0.15, 0.2) is 0 Å². The Morgan fingerprint density at radius 3 is 3.00 bits per heavy atom. The first kappa shape index (κ1) is 9.99. The van der Waals surface area contributed by atoms with Crippen LogP contribution in [-0.2, 0) is 4.79 Å². The molecule has 1 aromatic rings. The lowest BCUT2D eigenvalue weighted by atomic mass is 10.1. The lowest BCUT2D eigenvalue weighted by Gasteiger charge is -2.25. The molecule has 1 atom stereocenters. The highest BCUT2D eigenvalue weighted by Crippen LogP contribution is 2.46. The molecule has 0 aliphatic carbocycles. The van der Waals surface area contributed by atoms with Gasteiger partial charge in [0, 0.05) is 11.3 Å². The molecular weight excluding hydrogens is 260 g/mol. The summed E-state index contributed by atoms with van der Waals surface area (Å²) in [5.41, 5.74) is 1.22. The Balaban J connectivity index is 2.33. The summed E-state index contributed by atoms with van der Waals surface area (Å²) in [5.74, 6) is 0. The number of hydrogen-bond acceptors (Lipinski definition) is 2. The Morgan fingerprint density at radius 2 is 2.21 bits per heavy atom. The zero-order valence-electron chi connectivity index (χ0n) is 7.44. The summed E-state index contributed by atoms with van der Waals surface area (Å²) in [5, 5.41) is 0. The minimum Gasteiger partial charge on any atom is -0.303 e. The maximum absolute atomic E-state index is 10.5. The van der Waals surface area contributed by atoms with Crippen molar-refractivity contribution in [3.05, 3.63) is 35.9 Å². The van der Waals surface area contributed by atoms with E-state index in [1.54, 1.807) is 11.8 Å². The fraction of sp³-hybridized carbons (Fsp3) is 0.182. The van der Waals surface area contributed by atoms with E-state index < -0.39 is 0 Å². The number of fused-ring (bicyclic) bond motifs is 1. The van der Waals surface area contributed by atoms with Crippen molar-refractivity contribution in [2.45, 2.75) is 15.0 Å². The Hall–Kier alpha value is -0.540. The molecule has 2 rings (SSSR count). The number of carbonyl (C=O) groups is 1. The Labute approximate surface area is 95.7 Å². The number of hydrogen-bond donors (Lipinski definition) is 0. The van der Waals surface area contributed by atoms with Crippen LogP contribution < -0.4 is 0 Å². The number of carbonyl (C=O) groups excluding carboxylic acids is 1. The minimum absolute atomic E-state index is 0.247. The Morgan fingerprint density at radius 1 is 1.43 bits per heavy atom. The van der Waals surface area contributed by atoms with E-state index in [0.29, 0.717) is 6.42 Å². The standard InChI is InChI=1S/C11H9BrOS/c12-11(7-8-13)6-5-9-3-1-2-4-10(9)14-11/h1-6,8H,7H2. The van der Waals surface area contributed by atoms with Gasteiger partial charge in [-0.2, -0.15) is 0 Å². The number of thioether (sulfide) groups is 1. The highest BCUT2D eigenvalue weighted by molar-refractivity contribution is 9.12. The van der Waals surface area contributed by atoms with Gasteiger partial charge in [-0.1, -0.05) is 46.3 Å². The van der Waals surface area contributed by atoms with Crippen molar-refractivity contribution in [1.82, 2.24) is 0 Å². The highest BCUT2D eigenvalue weighted by atomic mass is 79.9. The molecule has 0 N–H and O–H groups in total. The summed E-state index contributed by atoms with van der Waals surface area (Å²) >= 11 is 5.25. The maximum Gasteiger partial charge on any atom is 0.122 e. The Bertz CT molecular complexity index is 389. The van der Waals surface area contributed by atoms with Crippen molar-refractivity contribution >= 4 is 40.1 Å². The second-order valence-corrected chi connectivity index (χ2v) is 6.44. The zero-order chi connectivity index (χ0) is 10.0. The van der Waals surface area contributed by atoms with E-state index in [4.69, 9.17) is 0 Å². The number of rotatable bonds is 2. The fourth-order valence-electron chi connectivity index (χ4n) is 1.37. The predicted molar refractivity (Wildman–Crippen MR) is 63.7 cm³/mol. The third-order valence-corrected chi connectivity index (χ3v) is 4.38. The molecule has 0 amide bonds. The molecule has 3 heteroatoms. The molecule has 0 saturated heterocycles. The second-order valence-electron chi connectivity index (χ2n) is 3.13. The van der Waals surface area contributed by atoms with E-state index in [-0.39, 0.29) is 3.66 Å². The van der Waals surface area contributed by atoms with Crippen LogP contribution >= 0.6 is 27.7 Å². The molecule has 72 valence electrons. The molecule has 0 radical (unpaired) electrons. The third-order valence-electron chi connectivity index (χ3n) is 2.07. The summed E-state index contributed by atoms with van der Waals surface area (Å²) in [6, 6.07) is 8.18. The molecular formula is C11H9BrOS. The Kier molecular flexibility index (Phi) is 2.79. The molecule has 0 spiro atoms. The van der Waals surface area contributed by atoms with Crippen molar-refractivity contribution in [2.75, 3.05) is 0 Å². The van der Waals surface area contributed by atoms with Crippen LogP contribution in [0.4, 0.5) is 0 Å². The molecule has 0 bridgehead atoms. The van der Waals surface area contributed by atoms with Crippen molar-refractivity contribution in [2.24, 2.45) is 0 Å². The van der Waals surface area contributed by atoms with E-state index in [1.807, 2.05) is 18.2 Å². The monoisotopic (exact) mass is 268 g/mol. The van der Waals surface area contributed by atoms with E-state index in [9.17, 15) is 4.79 Å². The zero-order valence-corrected chi connectivity index (χ0v) is 9.85. The van der Waals surface area contributed by atoms with Crippen molar-refractivity contribution in [1.29, 1.82) is 0 Å². The van der Waals surface area contributed by atoms with E-state index >= 15 is 0 Å². The van der Waals surface area contributed by atoms with E-state index in [0.717, 1.165) is 6.29 Å². The fourth-order valence-corrected chi connectivity index (χ4v) is 3.21. The van der Waals surface area contributed by atoms with E-state index in [2.05, 4.69) is 34.1 Å². The topological polar surface area (TPSA) is 17.1 Å². The van der Waals surface area contributed by atoms with Crippen LogP contribution in [-0.4, -0.2) is 9.94 Å². The van der Waals surface area contributed by atoms with Crippen LogP contribution in [0, 0.1) is 0 Å². The molecule has 0 saturated carbocycles. The molecule has 1 nitrogen and oxygen atoms in total. The lowest BCUT2D eigenvalue weighted by Crippen LogP contribution is -2.15. The number of alkyl halides is 1. The van der Waals surface area contributed by atoms with Gasteiger partial charge in [0.2, 0.25) is 0 Å². The molecule has 1 heterocycles. The SMILES string of the molecule is O=CCC1(Br)C=Cc2ccccc2S1. The van der Waals surface area contributed by atoms with Crippen LogP contribution in [0.25, 0.3) is 6.08 Å². The van der Waals surface area contributed by atoms with Gasteiger partial charge >= 0.3 is 0 Å². The normalized spacial score (nSPS) is 24.4. The van der Waals surface area contributed by atoms with Crippen LogP contribution in [0.2, 0.25) is 0 Å². The van der Waals surface area contributed by atoms with Gasteiger partial charge in [-0.15, -0.1) is 11.8 Å². The van der Waals surface area contributed by atoms with Crippen molar-refractivity contribution in [3.8, 4) is 0 Å². The van der Waals surface area contributed by atoms with Gasteiger partial charge in [0.05, 0.1) is 0 Å². The van der Waals surface area contributed by atoms with Gasteiger partial charge in [-0.05, 0) is 11.6 Å². The van der Waals surface area contributed by atoms with Gasteiger partial charge in [-0.25, -0.2) is 0 Å². The molecule has 1 aliphatic rings. The quantitative estimate of drug-likeness (QED) is 0.604. The summed E-state index contributed by atoms with van der Waals surface area (Å²) in [7, 11) is 0. The van der Waals surface area contributed by atoms with Gasteiger partial charge in [-0.3, -0.25) is 0 Å². The first-order chi connectivity index (χ1) is 6.73. The molecule has 1 aliphatic heterocycles. The smallest absolute Gasteiger partial charge is 0.122 e. The maximum atomic E-state index is 10.5. The van der Waals surface area contributed by atoms with Crippen molar-refractivity contribution in [3.63, 3.8) is 0 Å².